The molecule has 1 saturated heterocycles. The molecule has 5 rings (SSSR count). The van der Waals surface area contributed by atoms with Crippen molar-refractivity contribution in [3.05, 3.63) is 66.2 Å². The molecule has 1 aromatic heterocycles. The Morgan fingerprint density at radius 2 is 1.57 bits per heavy atom. The van der Waals surface area contributed by atoms with E-state index in [0.717, 1.165) is 16.6 Å². The minimum absolute atomic E-state index is 0.425. The van der Waals surface area contributed by atoms with Gasteiger partial charge in [0.25, 0.3) is 0 Å². The molecule has 0 amide bonds. The van der Waals surface area contributed by atoms with Crippen molar-refractivity contribution in [2.75, 3.05) is 0 Å². The molecule has 3 aromatic carbocycles. The Morgan fingerprint density at radius 3 is 2.30 bits per heavy atom. The lowest BCUT2D eigenvalue weighted by Crippen LogP contribution is -2.41. The minimum Gasteiger partial charge on any atom is -0.399 e. The summed E-state index contributed by atoms with van der Waals surface area (Å²) in [5.41, 5.74) is 2.77. The highest BCUT2D eigenvalue weighted by molar-refractivity contribution is 7.26. The fourth-order valence-corrected chi connectivity index (χ4v) is 5.20. The van der Waals surface area contributed by atoms with Crippen molar-refractivity contribution in [1.82, 2.24) is 0 Å². The van der Waals surface area contributed by atoms with Crippen LogP contribution in [0.1, 0.15) is 33.3 Å². The normalized spacial score (nSPS) is 17.5. The molecule has 0 saturated carbocycles. The number of rotatable bonds is 2. The van der Waals surface area contributed by atoms with Gasteiger partial charge >= 0.3 is 7.12 Å². The van der Waals surface area contributed by atoms with Gasteiger partial charge in [0.05, 0.1) is 22.8 Å². The Labute approximate surface area is 181 Å². The van der Waals surface area contributed by atoms with Crippen LogP contribution >= 0.6 is 11.3 Å². The van der Waals surface area contributed by atoms with Gasteiger partial charge in [0, 0.05) is 20.2 Å². The highest BCUT2D eigenvalue weighted by atomic mass is 32.1. The quantitative estimate of drug-likeness (QED) is 0.386. The molecule has 0 spiro atoms. The summed E-state index contributed by atoms with van der Waals surface area (Å²) in [4.78, 5) is 0. The third-order valence-electron chi connectivity index (χ3n) is 6.33. The molecule has 1 fully saturated rings. The maximum atomic E-state index is 9.68. The Kier molecular flexibility index (Phi) is 4.30. The zero-order valence-corrected chi connectivity index (χ0v) is 18.3. The highest BCUT2D eigenvalue weighted by Crippen LogP contribution is 2.40. The van der Waals surface area contributed by atoms with Gasteiger partial charge in [-0.2, -0.15) is 5.26 Å². The van der Waals surface area contributed by atoms with E-state index in [2.05, 4.69) is 54.6 Å². The van der Waals surface area contributed by atoms with E-state index in [4.69, 9.17) is 9.31 Å². The van der Waals surface area contributed by atoms with Crippen LogP contribution in [-0.2, 0) is 9.31 Å². The smallest absolute Gasteiger partial charge is 0.399 e. The van der Waals surface area contributed by atoms with Gasteiger partial charge in [0.1, 0.15) is 0 Å². The molecule has 2 heterocycles. The summed E-state index contributed by atoms with van der Waals surface area (Å²) in [6.07, 6.45) is 0. The van der Waals surface area contributed by atoms with Gasteiger partial charge in [-0.3, -0.25) is 0 Å². The molecule has 4 aromatic rings. The van der Waals surface area contributed by atoms with Crippen molar-refractivity contribution in [3.63, 3.8) is 0 Å². The summed E-state index contributed by atoms with van der Waals surface area (Å²) in [5, 5.41) is 12.2. The van der Waals surface area contributed by atoms with Gasteiger partial charge in [-0.15, -0.1) is 11.3 Å². The standard InChI is InChI=1S/C25H22BNO2S/c1-24(2)25(3,4)29-26(28-24)18-13-16(15-27)12-17(14-18)19-9-7-10-21-20-8-5-6-11-22(20)30-23(19)21/h5-14H,1-4H3. The van der Waals surface area contributed by atoms with Gasteiger partial charge < -0.3 is 9.31 Å². The average Bonchev–Trinajstić information content (AvgIpc) is 3.21. The zero-order chi connectivity index (χ0) is 21.1. The zero-order valence-electron chi connectivity index (χ0n) is 17.5. The fraction of sp³-hybridized carbons (Fsp3) is 0.240. The molecule has 30 heavy (non-hydrogen) atoms. The van der Waals surface area contributed by atoms with Crippen molar-refractivity contribution >= 4 is 44.1 Å². The predicted octanol–water partition coefficient (Wildman–Crippen LogP) is 5.89. The number of benzene rings is 3. The van der Waals surface area contributed by atoms with Crippen LogP contribution in [0.3, 0.4) is 0 Å². The first-order chi connectivity index (χ1) is 14.3. The van der Waals surface area contributed by atoms with Crippen LogP contribution in [0.2, 0.25) is 0 Å². The van der Waals surface area contributed by atoms with Crippen molar-refractivity contribution < 1.29 is 9.31 Å². The van der Waals surface area contributed by atoms with Crippen LogP contribution in [0.4, 0.5) is 0 Å². The average molecular weight is 411 g/mol. The monoisotopic (exact) mass is 411 g/mol. The van der Waals surface area contributed by atoms with Gasteiger partial charge in [0.15, 0.2) is 0 Å². The SMILES string of the molecule is CC1(C)OB(c2cc(C#N)cc(-c3cccc4c3sc3ccccc34)c2)OC1(C)C. The predicted molar refractivity (Wildman–Crippen MR) is 125 cm³/mol. The summed E-state index contributed by atoms with van der Waals surface area (Å²) in [6, 6.07) is 23.1. The number of fused-ring (bicyclic) bond motifs is 3. The van der Waals surface area contributed by atoms with Crippen molar-refractivity contribution in [1.29, 1.82) is 5.26 Å². The second kappa shape index (κ2) is 6.68. The van der Waals surface area contributed by atoms with E-state index in [0.29, 0.717) is 5.56 Å². The van der Waals surface area contributed by atoms with E-state index >= 15 is 0 Å². The third kappa shape index (κ3) is 2.95. The summed E-state index contributed by atoms with van der Waals surface area (Å²) in [6.45, 7) is 8.17. The molecule has 0 bridgehead atoms. The number of nitrogens with zero attached hydrogens (tertiary/aromatic N) is 1. The van der Waals surface area contributed by atoms with Gasteiger partial charge in [-0.05, 0) is 62.5 Å². The lowest BCUT2D eigenvalue weighted by Gasteiger charge is -2.32. The Balaban J connectivity index is 1.68. The minimum atomic E-state index is -0.497. The topological polar surface area (TPSA) is 42.2 Å². The van der Waals surface area contributed by atoms with Crippen LogP contribution in [0.15, 0.2) is 60.7 Å². The number of nitriles is 1. The van der Waals surface area contributed by atoms with Crippen LogP contribution in [0.25, 0.3) is 31.3 Å². The number of hydrogen-bond acceptors (Lipinski definition) is 4. The third-order valence-corrected chi connectivity index (χ3v) is 7.55. The molecule has 0 atom stereocenters. The van der Waals surface area contributed by atoms with E-state index in [1.165, 1.54) is 20.2 Å². The largest absolute Gasteiger partial charge is 0.494 e. The van der Waals surface area contributed by atoms with Gasteiger partial charge in [-0.1, -0.05) is 42.5 Å². The lowest BCUT2D eigenvalue weighted by atomic mass is 9.77. The molecule has 0 N–H and O–H groups in total. The Morgan fingerprint density at radius 1 is 0.867 bits per heavy atom. The summed E-state index contributed by atoms with van der Waals surface area (Å²) >= 11 is 1.79. The summed E-state index contributed by atoms with van der Waals surface area (Å²) in [7, 11) is -0.497. The first-order valence-corrected chi connectivity index (χ1v) is 10.9. The summed E-state index contributed by atoms with van der Waals surface area (Å²) < 4.78 is 15.0. The lowest BCUT2D eigenvalue weighted by molar-refractivity contribution is 0.00578. The first-order valence-electron chi connectivity index (χ1n) is 10.1. The first kappa shape index (κ1) is 19.3. The van der Waals surface area contributed by atoms with Crippen LogP contribution in [0.5, 0.6) is 0 Å². The van der Waals surface area contributed by atoms with Gasteiger partial charge in [0.2, 0.25) is 0 Å². The van der Waals surface area contributed by atoms with E-state index in [-0.39, 0.29) is 0 Å². The van der Waals surface area contributed by atoms with Gasteiger partial charge in [-0.25, -0.2) is 0 Å². The van der Waals surface area contributed by atoms with E-state index < -0.39 is 18.3 Å². The van der Waals surface area contributed by atoms with Crippen molar-refractivity contribution in [2.24, 2.45) is 0 Å². The molecular formula is C25H22BNO2S. The molecule has 0 unspecified atom stereocenters. The van der Waals surface area contributed by atoms with E-state index in [1.807, 2.05) is 39.8 Å². The maximum Gasteiger partial charge on any atom is 0.494 e. The van der Waals surface area contributed by atoms with Crippen molar-refractivity contribution in [3.8, 4) is 17.2 Å². The van der Waals surface area contributed by atoms with Crippen LogP contribution in [0, 0.1) is 11.3 Å². The molecular weight excluding hydrogens is 389 g/mol. The second-order valence-electron chi connectivity index (χ2n) is 8.82. The molecule has 3 nitrogen and oxygen atoms in total. The van der Waals surface area contributed by atoms with Crippen LogP contribution < -0.4 is 5.46 Å². The van der Waals surface area contributed by atoms with E-state index in [1.54, 1.807) is 11.3 Å². The molecule has 0 aliphatic carbocycles. The molecule has 1 aliphatic heterocycles. The molecule has 5 heteroatoms. The number of thiophene rings is 1. The van der Waals surface area contributed by atoms with Crippen LogP contribution in [-0.4, -0.2) is 18.3 Å². The summed E-state index contributed by atoms with van der Waals surface area (Å²) in [5.74, 6) is 0. The second-order valence-corrected chi connectivity index (χ2v) is 9.88. The highest BCUT2D eigenvalue weighted by Gasteiger charge is 2.51. The Bertz CT molecular complexity index is 1320. The maximum absolute atomic E-state index is 9.68. The van der Waals surface area contributed by atoms with E-state index in [9.17, 15) is 5.26 Å². The number of hydrogen-bond donors (Lipinski definition) is 0. The molecule has 1 aliphatic rings. The fourth-order valence-electron chi connectivity index (χ4n) is 3.96. The molecule has 148 valence electrons. The Hall–Kier alpha value is -2.65. The van der Waals surface area contributed by atoms with Crippen molar-refractivity contribution in [2.45, 2.75) is 38.9 Å². The molecule has 0 radical (unpaired) electrons.